The topological polar surface area (TPSA) is 63.4 Å². The summed E-state index contributed by atoms with van der Waals surface area (Å²) in [6.45, 7) is 0. The van der Waals surface area contributed by atoms with Crippen LogP contribution in [0.1, 0.15) is 12.1 Å². The zero-order valence-corrected chi connectivity index (χ0v) is 12.7. The van der Waals surface area contributed by atoms with Crippen LogP contribution in [0.15, 0.2) is 29.6 Å². The molecule has 6 nitrogen and oxygen atoms in total. The van der Waals surface area contributed by atoms with Crippen molar-refractivity contribution in [3.63, 3.8) is 0 Å². The minimum absolute atomic E-state index is 0.0964. The summed E-state index contributed by atoms with van der Waals surface area (Å²) in [7, 11) is 3.52. The summed E-state index contributed by atoms with van der Waals surface area (Å²) in [4.78, 5) is 14.3. The second-order valence-corrected chi connectivity index (χ2v) is 5.83. The average molecular weight is 301 g/mol. The first-order valence-corrected chi connectivity index (χ1v) is 7.48. The van der Waals surface area contributed by atoms with Crippen LogP contribution in [-0.2, 0) is 11.2 Å². The predicted octanol–water partition coefficient (Wildman–Crippen LogP) is 1.87. The third kappa shape index (κ3) is 2.78. The van der Waals surface area contributed by atoms with Crippen LogP contribution in [-0.4, -0.2) is 44.7 Å². The molecule has 1 amide bonds. The van der Waals surface area contributed by atoms with Gasteiger partial charge < -0.3 is 4.90 Å². The van der Waals surface area contributed by atoms with Gasteiger partial charge in [-0.15, -0.1) is 21.5 Å². The molecule has 21 heavy (non-hydrogen) atoms. The van der Waals surface area contributed by atoms with Crippen molar-refractivity contribution in [2.75, 3.05) is 14.1 Å². The first-order chi connectivity index (χ1) is 10.1. The van der Waals surface area contributed by atoms with E-state index in [-0.39, 0.29) is 5.91 Å². The van der Waals surface area contributed by atoms with E-state index in [1.165, 1.54) is 0 Å². The summed E-state index contributed by atoms with van der Waals surface area (Å²) in [6.07, 6.45) is 1.05. The molecule has 7 heteroatoms. The highest BCUT2D eigenvalue weighted by Crippen LogP contribution is 2.22. The molecule has 0 aromatic carbocycles. The van der Waals surface area contributed by atoms with Gasteiger partial charge in [0.25, 0.3) is 0 Å². The number of aromatic nitrogens is 4. The molecule has 0 unspecified atom stereocenters. The Hall–Kier alpha value is -2.28. The fourth-order valence-electron chi connectivity index (χ4n) is 1.98. The lowest BCUT2D eigenvalue weighted by Gasteiger charge is -2.09. The van der Waals surface area contributed by atoms with Crippen LogP contribution < -0.4 is 0 Å². The van der Waals surface area contributed by atoms with Crippen molar-refractivity contribution in [2.45, 2.75) is 12.8 Å². The number of nitrogens with zero attached hydrogens (tertiary/aromatic N) is 5. The van der Waals surface area contributed by atoms with Gasteiger partial charge in [-0.3, -0.25) is 4.79 Å². The molecular formula is C14H15N5OS. The second kappa shape index (κ2) is 5.61. The van der Waals surface area contributed by atoms with Gasteiger partial charge in [0.2, 0.25) is 5.91 Å². The molecule has 0 radical (unpaired) electrons. The largest absolute Gasteiger partial charge is 0.349 e. The molecule has 0 saturated heterocycles. The summed E-state index contributed by atoms with van der Waals surface area (Å²) >= 11 is 1.60. The molecule has 0 aliphatic heterocycles. The Morgan fingerprint density at radius 1 is 1.29 bits per heavy atom. The summed E-state index contributed by atoms with van der Waals surface area (Å²) in [6, 6.07) is 7.74. The molecule has 0 aliphatic carbocycles. The van der Waals surface area contributed by atoms with Gasteiger partial charge in [0.1, 0.15) is 0 Å². The maximum Gasteiger partial charge on any atom is 0.222 e. The van der Waals surface area contributed by atoms with Crippen LogP contribution in [0.4, 0.5) is 0 Å². The van der Waals surface area contributed by atoms with Gasteiger partial charge in [-0.2, -0.15) is 9.61 Å². The molecule has 0 aliphatic rings. The number of carbonyl (C=O) groups is 1. The third-order valence-corrected chi connectivity index (χ3v) is 4.02. The molecule has 0 atom stereocenters. The van der Waals surface area contributed by atoms with Crippen LogP contribution in [0.3, 0.4) is 0 Å². The first kappa shape index (κ1) is 13.7. The van der Waals surface area contributed by atoms with E-state index in [4.69, 9.17) is 0 Å². The van der Waals surface area contributed by atoms with Crippen molar-refractivity contribution in [1.82, 2.24) is 24.7 Å². The molecule has 0 spiro atoms. The Bertz CT molecular complexity index is 763. The number of aryl methyl sites for hydroxylation is 1. The van der Waals surface area contributed by atoms with Crippen molar-refractivity contribution < 1.29 is 4.79 Å². The molecule has 3 heterocycles. The highest BCUT2D eigenvalue weighted by Gasteiger charge is 2.11. The van der Waals surface area contributed by atoms with E-state index in [1.807, 2.05) is 29.6 Å². The second-order valence-electron chi connectivity index (χ2n) is 4.88. The number of carbonyl (C=O) groups excluding carboxylic acids is 1. The number of fused-ring (bicyclic) bond motifs is 1. The molecule has 0 bridgehead atoms. The predicted molar refractivity (Wildman–Crippen MR) is 81.1 cm³/mol. The van der Waals surface area contributed by atoms with Crippen LogP contribution >= 0.6 is 11.3 Å². The normalized spacial score (nSPS) is 11.0. The van der Waals surface area contributed by atoms with Crippen molar-refractivity contribution >= 4 is 22.9 Å². The van der Waals surface area contributed by atoms with Crippen molar-refractivity contribution in [3.8, 4) is 10.7 Å². The minimum atomic E-state index is 0.0964. The van der Waals surface area contributed by atoms with E-state index >= 15 is 0 Å². The van der Waals surface area contributed by atoms with E-state index in [0.29, 0.717) is 18.5 Å². The molecular weight excluding hydrogens is 286 g/mol. The van der Waals surface area contributed by atoms with Crippen molar-refractivity contribution in [1.29, 1.82) is 0 Å². The fourth-order valence-corrected chi connectivity index (χ4v) is 2.67. The lowest BCUT2D eigenvalue weighted by atomic mass is 10.2. The van der Waals surface area contributed by atoms with Gasteiger partial charge in [-0.05, 0) is 23.6 Å². The van der Waals surface area contributed by atoms with E-state index < -0.39 is 0 Å². The van der Waals surface area contributed by atoms with Gasteiger partial charge in [0.05, 0.1) is 10.6 Å². The number of hydrogen-bond donors (Lipinski definition) is 0. The van der Waals surface area contributed by atoms with Gasteiger partial charge in [0, 0.05) is 26.9 Å². The standard InChI is InChI=1S/C14H15N5OS/c1-18(2)13(20)8-6-10-5-7-12-15-16-14(19(12)17-10)11-4-3-9-21-11/h3-5,7,9H,6,8H2,1-2H3. The number of hydrogen-bond acceptors (Lipinski definition) is 5. The first-order valence-electron chi connectivity index (χ1n) is 6.60. The lowest BCUT2D eigenvalue weighted by Crippen LogP contribution is -2.22. The average Bonchev–Trinajstić information content (AvgIpc) is 3.12. The van der Waals surface area contributed by atoms with E-state index in [9.17, 15) is 4.79 Å². The Labute approximate surface area is 126 Å². The highest BCUT2D eigenvalue weighted by molar-refractivity contribution is 7.13. The quantitative estimate of drug-likeness (QED) is 0.738. The molecule has 3 rings (SSSR count). The summed E-state index contributed by atoms with van der Waals surface area (Å²) in [5.74, 6) is 0.833. The molecule has 0 N–H and O–H groups in total. The minimum Gasteiger partial charge on any atom is -0.349 e. The Kier molecular flexibility index (Phi) is 3.66. The number of thiophene rings is 1. The molecule has 0 saturated carbocycles. The van der Waals surface area contributed by atoms with Gasteiger partial charge >= 0.3 is 0 Å². The molecule has 3 aromatic heterocycles. The van der Waals surface area contributed by atoms with Crippen LogP contribution in [0.5, 0.6) is 0 Å². The summed E-state index contributed by atoms with van der Waals surface area (Å²) in [5.41, 5.74) is 1.57. The van der Waals surface area contributed by atoms with Crippen LogP contribution in [0, 0.1) is 0 Å². The van der Waals surface area contributed by atoms with Crippen molar-refractivity contribution in [3.05, 3.63) is 35.3 Å². The molecule has 0 fully saturated rings. The zero-order valence-electron chi connectivity index (χ0n) is 11.9. The van der Waals surface area contributed by atoms with Gasteiger partial charge in [-0.25, -0.2) is 0 Å². The lowest BCUT2D eigenvalue weighted by molar-refractivity contribution is -0.128. The van der Waals surface area contributed by atoms with E-state index in [1.54, 1.807) is 34.8 Å². The Morgan fingerprint density at radius 3 is 2.86 bits per heavy atom. The summed E-state index contributed by atoms with van der Waals surface area (Å²) in [5, 5.41) is 14.9. The fraction of sp³-hybridized carbons (Fsp3) is 0.286. The summed E-state index contributed by atoms with van der Waals surface area (Å²) < 4.78 is 1.74. The van der Waals surface area contributed by atoms with Crippen LogP contribution in [0.25, 0.3) is 16.3 Å². The number of amides is 1. The molecule has 108 valence electrons. The molecule has 3 aromatic rings. The van der Waals surface area contributed by atoms with Crippen molar-refractivity contribution in [2.24, 2.45) is 0 Å². The monoisotopic (exact) mass is 301 g/mol. The van der Waals surface area contributed by atoms with Gasteiger partial charge in [0.15, 0.2) is 11.5 Å². The van der Waals surface area contributed by atoms with E-state index in [2.05, 4.69) is 15.3 Å². The SMILES string of the molecule is CN(C)C(=O)CCc1ccc2nnc(-c3cccs3)n2n1. The maximum absolute atomic E-state index is 11.7. The van der Waals surface area contributed by atoms with E-state index in [0.717, 1.165) is 16.4 Å². The number of rotatable bonds is 4. The smallest absolute Gasteiger partial charge is 0.222 e. The van der Waals surface area contributed by atoms with Gasteiger partial charge in [-0.1, -0.05) is 6.07 Å². The highest BCUT2D eigenvalue weighted by atomic mass is 32.1. The third-order valence-electron chi connectivity index (χ3n) is 3.15. The maximum atomic E-state index is 11.7. The van der Waals surface area contributed by atoms with Crippen LogP contribution in [0.2, 0.25) is 0 Å². The Morgan fingerprint density at radius 2 is 2.14 bits per heavy atom. The Balaban J connectivity index is 1.89. The zero-order chi connectivity index (χ0) is 14.8.